The standard InChI is InChI=1S/C9H8F4N2O.C8H10.C6H13N/c1-14-8(16)15-7-4-5(9(11,12)13)2-3-6(7)10;1-2-8-6-4-3-5-7-8;1-7-5-3-2-4-6-7/h2-4H,1H3,(H2,14,15,16);3-7H,2H2,1H3;2-6H2,1H3. The Hall–Kier alpha value is -2.61. The Balaban J connectivity index is 0.000000264. The van der Waals surface area contributed by atoms with E-state index >= 15 is 0 Å². The van der Waals surface area contributed by atoms with Crippen molar-refractivity contribution in [2.45, 2.75) is 38.8 Å². The third-order valence-corrected chi connectivity index (χ3v) is 4.60. The van der Waals surface area contributed by atoms with Crippen LogP contribution in [-0.2, 0) is 12.6 Å². The predicted octanol–water partition coefficient (Wildman–Crippen LogP) is 5.95. The summed E-state index contributed by atoms with van der Waals surface area (Å²) in [6, 6.07) is 11.4. The number of halogens is 4. The van der Waals surface area contributed by atoms with E-state index in [1.807, 2.05) is 11.4 Å². The maximum Gasteiger partial charge on any atom is 0.416 e. The molecule has 31 heavy (non-hydrogen) atoms. The number of nitrogens with zero attached hydrogens (tertiary/aromatic N) is 1. The molecule has 2 aromatic carbocycles. The molecule has 3 rings (SSSR count). The van der Waals surface area contributed by atoms with Crippen LogP contribution in [0, 0.1) is 5.82 Å². The molecule has 2 aromatic rings. The lowest BCUT2D eigenvalue weighted by molar-refractivity contribution is -0.137. The van der Waals surface area contributed by atoms with Crippen LogP contribution < -0.4 is 10.6 Å². The van der Waals surface area contributed by atoms with E-state index in [0.717, 1.165) is 6.42 Å². The highest BCUT2D eigenvalue weighted by atomic mass is 19.4. The Bertz CT molecular complexity index is 776. The van der Waals surface area contributed by atoms with Gasteiger partial charge >= 0.3 is 12.2 Å². The van der Waals surface area contributed by atoms with Gasteiger partial charge in [-0.1, -0.05) is 43.7 Å². The zero-order valence-electron chi connectivity index (χ0n) is 18.2. The van der Waals surface area contributed by atoms with Gasteiger partial charge in [0.25, 0.3) is 0 Å². The number of rotatable bonds is 2. The summed E-state index contributed by atoms with van der Waals surface area (Å²) in [7, 11) is 3.46. The van der Waals surface area contributed by atoms with E-state index < -0.39 is 29.3 Å². The van der Waals surface area contributed by atoms with Crippen molar-refractivity contribution in [3.8, 4) is 0 Å². The van der Waals surface area contributed by atoms with Crippen LogP contribution in [0.2, 0.25) is 0 Å². The molecular weight excluding hydrogens is 410 g/mol. The number of likely N-dealkylation sites (tertiary alicyclic amines) is 1. The Morgan fingerprint density at radius 2 is 1.65 bits per heavy atom. The monoisotopic (exact) mass is 441 g/mol. The molecule has 1 fully saturated rings. The van der Waals surface area contributed by atoms with Crippen molar-refractivity contribution in [1.82, 2.24) is 10.2 Å². The molecule has 0 spiro atoms. The Morgan fingerprint density at radius 1 is 1.03 bits per heavy atom. The first kappa shape index (κ1) is 26.4. The number of anilines is 1. The average Bonchev–Trinajstić information content (AvgIpc) is 2.76. The van der Waals surface area contributed by atoms with Gasteiger partial charge in [0.15, 0.2) is 0 Å². The molecule has 2 amide bonds. The summed E-state index contributed by atoms with van der Waals surface area (Å²) >= 11 is 0. The van der Waals surface area contributed by atoms with Crippen molar-refractivity contribution in [2.24, 2.45) is 0 Å². The number of piperidine rings is 1. The first-order valence-electron chi connectivity index (χ1n) is 10.2. The number of aryl methyl sites for hydroxylation is 1. The fourth-order valence-corrected chi connectivity index (χ4v) is 2.75. The number of benzene rings is 2. The number of carbonyl (C=O) groups excluding carboxylic acids is 1. The molecule has 0 aromatic heterocycles. The average molecular weight is 442 g/mol. The number of carbonyl (C=O) groups is 1. The fraction of sp³-hybridized carbons (Fsp3) is 0.435. The molecule has 0 atom stereocenters. The van der Waals surface area contributed by atoms with Crippen LogP contribution >= 0.6 is 0 Å². The summed E-state index contributed by atoms with van der Waals surface area (Å²) in [5, 5.41) is 4.05. The zero-order chi connectivity index (χ0) is 23.3. The quantitative estimate of drug-likeness (QED) is 0.566. The normalized spacial score (nSPS) is 13.8. The molecule has 0 aliphatic carbocycles. The highest BCUT2D eigenvalue weighted by Crippen LogP contribution is 2.31. The second-order valence-electron chi connectivity index (χ2n) is 7.10. The van der Waals surface area contributed by atoms with Gasteiger partial charge in [-0.15, -0.1) is 0 Å². The summed E-state index contributed by atoms with van der Waals surface area (Å²) in [4.78, 5) is 13.2. The number of alkyl halides is 3. The van der Waals surface area contributed by atoms with E-state index in [1.165, 1.54) is 45.0 Å². The van der Waals surface area contributed by atoms with E-state index in [-0.39, 0.29) is 0 Å². The number of nitrogens with one attached hydrogen (secondary N) is 2. The maximum absolute atomic E-state index is 13.0. The number of hydrogen-bond donors (Lipinski definition) is 2. The first-order chi connectivity index (χ1) is 14.7. The highest BCUT2D eigenvalue weighted by molar-refractivity contribution is 5.89. The van der Waals surface area contributed by atoms with Gasteiger partial charge in [-0.2, -0.15) is 13.2 Å². The molecular formula is C23H31F4N3O. The zero-order valence-corrected chi connectivity index (χ0v) is 18.2. The van der Waals surface area contributed by atoms with Gasteiger partial charge < -0.3 is 15.5 Å². The molecule has 0 radical (unpaired) electrons. The van der Waals surface area contributed by atoms with Gasteiger partial charge in [0.1, 0.15) is 5.82 Å². The van der Waals surface area contributed by atoms with Crippen LogP contribution in [0.25, 0.3) is 0 Å². The van der Waals surface area contributed by atoms with Crippen molar-refractivity contribution < 1.29 is 22.4 Å². The minimum absolute atomic E-state index is 0.519. The second kappa shape index (κ2) is 13.6. The fourth-order valence-electron chi connectivity index (χ4n) is 2.75. The number of amides is 2. The van der Waals surface area contributed by atoms with Crippen LogP contribution in [0.3, 0.4) is 0 Å². The second-order valence-corrected chi connectivity index (χ2v) is 7.10. The van der Waals surface area contributed by atoms with Crippen molar-refractivity contribution in [3.05, 3.63) is 65.5 Å². The molecule has 8 heteroatoms. The SMILES string of the molecule is CCc1ccccc1.CN1CCCCC1.CNC(=O)Nc1cc(C(F)(F)F)ccc1F. The molecule has 1 heterocycles. The molecule has 1 aliphatic rings. The van der Waals surface area contributed by atoms with Gasteiger partial charge in [-0.25, -0.2) is 9.18 Å². The van der Waals surface area contributed by atoms with Crippen molar-refractivity contribution in [2.75, 3.05) is 32.5 Å². The molecule has 4 nitrogen and oxygen atoms in total. The summed E-state index contributed by atoms with van der Waals surface area (Å²) < 4.78 is 49.8. The largest absolute Gasteiger partial charge is 0.416 e. The van der Waals surface area contributed by atoms with Crippen molar-refractivity contribution in [1.29, 1.82) is 0 Å². The Kier molecular flexibility index (Phi) is 11.6. The Morgan fingerprint density at radius 3 is 2.06 bits per heavy atom. The molecule has 1 aliphatic heterocycles. The van der Waals surface area contributed by atoms with E-state index in [0.29, 0.717) is 18.2 Å². The highest BCUT2D eigenvalue weighted by Gasteiger charge is 2.31. The number of urea groups is 1. The predicted molar refractivity (Wildman–Crippen MR) is 117 cm³/mol. The molecule has 172 valence electrons. The van der Waals surface area contributed by atoms with E-state index in [4.69, 9.17) is 0 Å². The minimum atomic E-state index is -4.58. The van der Waals surface area contributed by atoms with Crippen LogP contribution in [0.5, 0.6) is 0 Å². The van der Waals surface area contributed by atoms with E-state index in [2.05, 4.69) is 48.5 Å². The molecule has 0 unspecified atom stereocenters. The molecule has 0 saturated carbocycles. The summed E-state index contributed by atoms with van der Waals surface area (Å²) in [5.74, 6) is -0.934. The number of hydrogen-bond acceptors (Lipinski definition) is 2. The van der Waals surface area contributed by atoms with E-state index in [1.54, 1.807) is 0 Å². The van der Waals surface area contributed by atoms with Crippen LogP contribution in [0.1, 0.15) is 37.3 Å². The van der Waals surface area contributed by atoms with Crippen molar-refractivity contribution >= 4 is 11.7 Å². The summed E-state index contributed by atoms with van der Waals surface area (Å²) in [6.07, 6.45) is 0.838. The van der Waals surface area contributed by atoms with Gasteiger partial charge in [0, 0.05) is 7.05 Å². The van der Waals surface area contributed by atoms with Gasteiger partial charge in [-0.05, 0) is 63.2 Å². The topological polar surface area (TPSA) is 44.4 Å². The lowest BCUT2D eigenvalue weighted by atomic mass is 10.1. The van der Waals surface area contributed by atoms with Crippen LogP contribution in [0.15, 0.2) is 48.5 Å². The van der Waals surface area contributed by atoms with E-state index in [9.17, 15) is 22.4 Å². The molecule has 1 saturated heterocycles. The third-order valence-electron chi connectivity index (χ3n) is 4.60. The third kappa shape index (κ3) is 10.8. The van der Waals surface area contributed by atoms with Crippen LogP contribution in [0.4, 0.5) is 28.0 Å². The smallest absolute Gasteiger partial charge is 0.341 e. The van der Waals surface area contributed by atoms with Crippen LogP contribution in [-0.4, -0.2) is 38.1 Å². The maximum atomic E-state index is 13.0. The lowest BCUT2D eigenvalue weighted by Gasteiger charge is -2.20. The first-order valence-corrected chi connectivity index (χ1v) is 10.2. The van der Waals surface area contributed by atoms with Crippen molar-refractivity contribution in [3.63, 3.8) is 0 Å². The minimum Gasteiger partial charge on any atom is -0.341 e. The lowest BCUT2D eigenvalue weighted by Crippen LogP contribution is -2.25. The summed E-state index contributed by atoms with van der Waals surface area (Å²) in [6.45, 7) is 4.80. The summed E-state index contributed by atoms with van der Waals surface area (Å²) in [5.41, 5.74) is -0.137. The van der Waals surface area contributed by atoms with Gasteiger partial charge in [-0.3, -0.25) is 0 Å². The Labute approximate surface area is 181 Å². The van der Waals surface area contributed by atoms with Gasteiger partial charge in [0.2, 0.25) is 0 Å². The molecule has 0 bridgehead atoms. The molecule has 2 N–H and O–H groups in total. The van der Waals surface area contributed by atoms with Gasteiger partial charge in [0.05, 0.1) is 11.3 Å².